The average molecular weight is 587 g/mol. The Morgan fingerprint density at radius 2 is 1.64 bits per heavy atom. The smallest absolute Gasteiger partial charge is 0.195 e. The number of carbonyl (C=O) groups excluding carboxylic acids is 1. The van der Waals surface area contributed by atoms with Crippen LogP contribution < -0.4 is 9.47 Å². The largest absolute Gasteiger partial charge is 0.508 e. The molecule has 2 aliphatic rings. The summed E-state index contributed by atoms with van der Waals surface area (Å²) in [6.07, 6.45) is 5.04. The van der Waals surface area contributed by atoms with Crippen LogP contribution >= 0.6 is 11.3 Å². The molecule has 0 saturated carbocycles. The summed E-state index contributed by atoms with van der Waals surface area (Å²) < 4.78 is 12.7. The normalized spacial score (nSPS) is 15.7. The topological polar surface area (TPSA) is 62.2 Å². The Labute approximate surface area is 253 Å². The number of nitrogens with zero attached hydrogens (tertiary/aromatic N) is 2. The van der Waals surface area contributed by atoms with Crippen LogP contribution in [0.3, 0.4) is 0 Å². The standard InChI is InChI=1S/C34H38N2O4S.CH4/c1-23-19-24(7-8-26(23)22-36-15-5-6-16-36)33(38)32-28-11-10-27(37)21-31(28)41-34(32)25-9-12-29(30(20-25)39-2)40-18-17-35-13-3-4-14-35;/h7-12,19-21,37H,3-6,13-18,22H2,1-2H3;1H4. The van der Waals surface area contributed by atoms with Gasteiger partial charge in [-0.1, -0.05) is 19.6 Å². The fourth-order valence-electron chi connectivity index (χ4n) is 6.07. The fourth-order valence-corrected chi connectivity index (χ4v) is 7.30. The van der Waals surface area contributed by atoms with Crippen molar-refractivity contribution in [3.8, 4) is 27.7 Å². The predicted molar refractivity (Wildman–Crippen MR) is 173 cm³/mol. The van der Waals surface area contributed by atoms with E-state index in [0.717, 1.165) is 65.4 Å². The number of likely N-dealkylation sites (tertiary alicyclic amines) is 2. The molecule has 0 atom stereocenters. The van der Waals surface area contributed by atoms with Gasteiger partial charge >= 0.3 is 0 Å². The maximum absolute atomic E-state index is 14.2. The van der Waals surface area contributed by atoms with Crippen molar-refractivity contribution < 1.29 is 19.4 Å². The number of fused-ring (bicyclic) bond motifs is 1. The van der Waals surface area contributed by atoms with E-state index in [-0.39, 0.29) is 19.0 Å². The van der Waals surface area contributed by atoms with E-state index in [1.54, 1.807) is 19.2 Å². The second-order valence-electron chi connectivity index (χ2n) is 11.2. The number of benzene rings is 3. The third-order valence-electron chi connectivity index (χ3n) is 8.39. The molecule has 0 amide bonds. The van der Waals surface area contributed by atoms with Gasteiger partial charge in [-0.2, -0.15) is 0 Å². The zero-order valence-corrected chi connectivity index (χ0v) is 24.8. The zero-order chi connectivity index (χ0) is 28.3. The van der Waals surface area contributed by atoms with Crippen LogP contribution in [0.25, 0.3) is 20.5 Å². The second kappa shape index (κ2) is 13.3. The molecular formula is C35H42N2O4S. The van der Waals surface area contributed by atoms with Gasteiger partial charge in [-0.25, -0.2) is 0 Å². The molecule has 2 saturated heterocycles. The van der Waals surface area contributed by atoms with Gasteiger partial charge in [0, 0.05) is 39.2 Å². The lowest BCUT2D eigenvalue weighted by Gasteiger charge is -2.17. The van der Waals surface area contributed by atoms with Crippen molar-refractivity contribution in [2.45, 2.75) is 46.6 Å². The van der Waals surface area contributed by atoms with Crippen LogP contribution in [-0.2, 0) is 6.54 Å². The molecule has 0 aliphatic carbocycles. The molecule has 4 aromatic rings. The minimum Gasteiger partial charge on any atom is -0.508 e. The lowest BCUT2D eigenvalue weighted by atomic mass is 9.95. The van der Waals surface area contributed by atoms with Gasteiger partial charge in [0.25, 0.3) is 0 Å². The number of thiophene rings is 1. The molecule has 2 aliphatic heterocycles. The van der Waals surface area contributed by atoms with Crippen LogP contribution in [-0.4, -0.2) is 67.1 Å². The molecule has 0 radical (unpaired) electrons. The first-order valence-electron chi connectivity index (χ1n) is 14.7. The molecule has 2 fully saturated rings. The molecule has 0 unspecified atom stereocenters. The Morgan fingerprint density at radius 1 is 0.905 bits per heavy atom. The molecule has 3 heterocycles. The third-order valence-corrected chi connectivity index (χ3v) is 9.59. The van der Waals surface area contributed by atoms with E-state index in [1.807, 2.05) is 36.4 Å². The summed E-state index contributed by atoms with van der Waals surface area (Å²) in [7, 11) is 1.65. The van der Waals surface area contributed by atoms with Gasteiger partial charge in [0.1, 0.15) is 12.4 Å². The van der Waals surface area contributed by atoms with Gasteiger partial charge in [-0.15, -0.1) is 11.3 Å². The van der Waals surface area contributed by atoms with Crippen LogP contribution in [0.5, 0.6) is 17.2 Å². The maximum atomic E-state index is 14.2. The third kappa shape index (κ3) is 6.33. The molecule has 7 heteroatoms. The summed E-state index contributed by atoms with van der Waals surface area (Å²) in [5.41, 5.74) is 4.63. The van der Waals surface area contributed by atoms with Crippen molar-refractivity contribution in [1.82, 2.24) is 9.80 Å². The summed E-state index contributed by atoms with van der Waals surface area (Å²) in [5, 5.41) is 11.0. The number of rotatable bonds is 10. The SMILES string of the molecule is C.COc1cc(-c2sc3cc(O)ccc3c2C(=O)c2ccc(CN3CCCC3)c(C)c2)ccc1OCCN1CCCC1. The van der Waals surface area contributed by atoms with Crippen molar-refractivity contribution in [2.24, 2.45) is 0 Å². The van der Waals surface area contributed by atoms with Crippen LogP contribution in [0.15, 0.2) is 54.6 Å². The Bertz CT molecular complexity index is 1550. The number of carbonyl (C=O) groups is 1. The molecule has 1 N–H and O–H groups in total. The van der Waals surface area contributed by atoms with Gasteiger partial charge in [0.15, 0.2) is 17.3 Å². The van der Waals surface area contributed by atoms with Gasteiger partial charge < -0.3 is 14.6 Å². The minimum atomic E-state index is -0.0160. The molecule has 6 nitrogen and oxygen atoms in total. The monoisotopic (exact) mass is 586 g/mol. The molecule has 3 aromatic carbocycles. The molecule has 0 bridgehead atoms. The first-order chi connectivity index (χ1) is 20.0. The Kier molecular flexibility index (Phi) is 9.51. The minimum absolute atomic E-state index is 0. The quantitative estimate of drug-likeness (QED) is 0.194. The number of hydrogen-bond acceptors (Lipinski definition) is 7. The van der Waals surface area contributed by atoms with Crippen LogP contribution in [0.4, 0.5) is 0 Å². The molecule has 1 aromatic heterocycles. The average Bonchev–Trinajstić information content (AvgIpc) is 3.75. The number of hydrogen-bond donors (Lipinski definition) is 1. The van der Waals surface area contributed by atoms with E-state index in [9.17, 15) is 9.90 Å². The summed E-state index contributed by atoms with van der Waals surface area (Å²) in [6, 6.07) is 17.2. The van der Waals surface area contributed by atoms with E-state index in [4.69, 9.17) is 9.47 Å². The number of phenolic OH excluding ortho intramolecular Hbond substituents is 1. The van der Waals surface area contributed by atoms with Crippen LogP contribution in [0.1, 0.15) is 60.2 Å². The van der Waals surface area contributed by atoms with Crippen molar-refractivity contribution in [3.63, 3.8) is 0 Å². The number of aryl methyl sites for hydroxylation is 1. The number of ether oxygens (including phenoxy) is 2. The molecule has 222 valence electrons. The molecule has 6 rings (SSSR count). The second-order valence-corrected chi connectivity index (χ2v) is 12.3. The highest BCUT2D eigenvalue weighted by Gasteiger charge is 2.24. The summed E-state index contributed by atoms with van der Waals surface area (Å²) in [5.74, 6) is 1.51. The summed E-state index contributed by atoms with van der Waals surface area (Å²) >= 11 is 1.51. The first kappa shape index (κ1) is 30.1. The Morgan fingerprint density at radius 3 is 2.36 bits per heavy atom. The number of methoxy groups -OCH3 is 1. The predicted octanol–water partition coefficient (Wildman–Crippen LogP) is 7.53. The van der Waals surface area contributed by atoms with Crippen molar-refractivity contribution in [3.05, 3.63) is 76.9 Å². The number of phenols is 1. The fraction of sp³-hybridized carbons (Fsp3) is 0.400. The lowest BCUT2D eigenvalue weighted by molar-refractivity contribution is 0.104. The van der Waals surface area contributed by atoms with Crippen molar-refractivity contribution >= 4 is 27.2 Å². The zero-order valence-electron chi connectivity index (χ0n) is 23.9. The van der Waals surface area contributed by atoms with E-state index in [2.05, 4.69) is 22.8 Å². The van der Waals surface area contributed by atoms with Crippen molar-refractivity contribution in [2.75, 3.05) is 46.4 Å². The first-order valence-corrected chi connectivity index (χ1v) is 15.5. The van der Waals surface area contributed by atoms with E-state index in [0.29, 0.717) is 29.2 Å². The van der Waals surface area contributed by atoms with E-state index < -0.39 is 0 Å². The van der Waals surface area contributed by atoms with Crippen LogP contribution in [0.2, 0.25) is 0 Å². The molecule has 0 spiro atoms. The summed E-state index contributed by atoms with van der Waals surface area (Å²) in [4.78, 5) is 19.9. The van der Waals surface area contributed by atoms with Gasteiger partial charge in [0.05, 0.1) is 7.11 Å². The molecule has 42 heavy (non-hydrogen) atoms. The highest BCUT2D eigenvalue weighted by molar-refractivity contribution is 7.22. The molecular weight excluding hydrogens is 544 g/mol. The van der Waals surface area contributed by atoms with E-state index >= 15 is 0 Å². The van der Waals surface area contributed by atoms with Crippen LogP contribution in [0, 0.1) is 6.92 Å². The Hall–Kier alpha value is -3.39. The van der Waals surface area contributed by atoms with Gasteiger partial charge in [-0.3, -0.25) is 14.6 Å². The van der Waals surface area contributed by atoms with Gasteiger partial charge in [-0.05, 0) is 118 Å². The summed E-state index contributed by atoms with van der Waals surface area (Å²) in [6.45, 7) is 9.09. The van der Waals surface area contributed by atoms with E-state index in [1.165, 1.54) is 42.6 Å². The lowest BCUT2D eigenvalue weighted by Crippen LogP contribution is -2.25. The maximum Gasteiger partial charge on any atom is 0.195 e. The number of aromatic hydroxyl groups is 1. The van der Waals surface area contributed by atoms with Gasteiger partial charge in [0.2, 0.25) is 0 Å². The highest BCUT2D eigenvalue weighted by Crippen LogP contribution is 2.43. The highest BCUT2D eigenvalue weighted by atomic mass is 32.1. The Balaban J connectivity index is 0.00000353. The van der Waals surface area contributed by atoms with Crippen molar-refractivity contribution in [1.29, 1.82) is 0 Å². The number of ketones is 1.